The second-order valence-electron chi connectivity index (χ2n) is 4.73. The van der Waals surface area contributed by atoms with Crippen LogP contribution < -0.4 is 0 Å². The van der Waals surface area contributed by atoms with Gasteiger partial charge in [0.05, 0.1) is 18.1 Å². The van der Waals surface area contributed by atoms with Gasteiger partial charge in [0.25, 0.3) is 0 Å². The van der Waals surface area contributed by atoms with E-state index >= 15 is 0 Å². The normalized spacial score (nSPS) is 12.3. The summed E-state index contributed by atoms with van der Waals surface area (Å²) in [6.07, 6.45) is -0.554. The number of aliphatic hydroxyl groups is 1. The first-order valence-corrected chi connectivity index (χ1v) is 6.33. The van der Waals surface area contributed by atoms with Crippen LogP contribution in [0, 0.1) is 0 Å². The summed E-state index contributed by atoms with van der Waals surface area (Å²) < 4.78 is 0. The Labute approximate surface area is 117 Å². The highest BCUT2D eigenvalue weighted by Crippen LogP contribution is 2.09. The largest absolute Gasteiger partial charge is 0.481 e. The number of hydrogen-bond donors (Lipinski definition) is 3. The Morgan fingerprint density at radius 1 is 1.20 bits per heavy atom. The van der Waals surface area contributed by atoms with E-state index in [0.29, 0.717) is 19.6 Å². The Morgan fingerprint density at radius 3 is 2.25 bits per heavy atom. The average molecular weight is 281 g/mol. The molecule has 0 saturated carbocycles. The van der Waals surface area contributed by atoms with E-state index in [0.717, 1.165) is 5.56 Å². The number of carboxylic acids is 2. The minimum atomic E-state index is -0.983. The molecular formula is C14H19NO5. The van der Waals surface area contributed by atoms with E-state index in [1.807, 2.05) is 4.90 Å². The molecule has 110 valence electrons. The Morgan fingerprint density at radius 2 is 1.80 bits per heavy atom. The molecule has 0 bridgehead atoms. The molecule has 0 saturated heterocycles. The first kappa shape index (κ1) is 16.1. The van der Waals surface area contributed by atoms with Crippen molar-refractivity contribution in [1.82, 2.24) is 4.90 Å². The molecule has 20 heavy (non-hydrogen) atoms. The van der Waals surface area contributed by atoms with Crippen LogP contribution in [0.5, 0.6) is 0 Å². The molecule has 0 aliphatic rings. The molecule has 6 nitrogen and oxygen atoms in total. The standard InChI is InChI=1S/C14H19NO5/c1-10(16)8-15(7-6-13(17)18)9-11-2-4-12(5-3-11)14(19)20/h2-5,10,16H,6-9H2,1H3,(H,17,18)(H,19,20). The number of hydrogen-bond acceptors (Lipinski definition) is 4. The molecule has 1 aromatic rings. The van der Waals surface area contributed by atoms with Gasteiger partial charge in [-0.05, 0) is 24.6 Å². The predicted molar refractivity (Wildman–Crippen MR) is 72.6 cm³/mol. The van der Waals surface area contributed by atoms with Crippen molar-refractivity contribution in [3.05, 3.63) is 35.4 Å². The summed E-state index contributed by atoms with van der Waals surface area (Å²) in [7, 11) is 0. The van der Waals surface area contributed by atoms with Gasteiger partial charge in [-0.2, -0.15) is 0 Å². The maximum Gasteiger partial charge on any atom is 0.335 e. The molecule has 1 aromatic carbocycles. The summed E-state index contributed by atoms with van der Waals surface area (Å²) in [6, 6.07) is 6.41. The van der Waals surface area contributed by atoms with Crippen LogP contribution in [-0.4, -0.2) is 51.4 Å². The van der Waals surface area contributed by atoms with Crippen LogP contribution in [0.3, 0.4) is 0 Å². The number of aliphatic hydroxyl groups excluding tert-OH is 1. The van der Waals surface area contributed by atoms with Crippen LogP contribution in [-0.2, 0) is 11.3 Å². The highest BCUT2D eigenvalue weighted by Gasteiger charge is 2.11. The van der Waals surface area contributed by atoms with Gasteiger partial charge in [0.2, 0.25) is 0 Å². The zero-order valence-corrected chi connectivity index (χ0v) is 11.3. The molecule has 0 aromatic heterocycles. The van der Waals surface area contributed by atoms with Crippen LogP contribution in [0.1, 0.15) is 29.3 Å². The zero-order chi connectivity index (χ0) is 15.1. The number of benzene rings is 1. The van der Waals surface area contributed by atoms with Gasteiger partial charge in [0, 0.05) is 19.6 Å². The number of rotatable bonds is 8. The van der Waals surface area contributed by atoms with Crippen molar-refractivity contribution in [2.45, 2.75) is 26.0 Å². The summed E-state index contributed by atoms with van der Waals surface area (Å²) in [5, 5.41) is 26.9. The van der Waals surface area contributed by atoms with Gasteiger partial charge in [-0.25, -0.2) is 4.79 Å². The smallest absolute Gasteiger partial charge is 0.335 e. The lowest BCUT2D eigenvalue weighted by Crippen LogP contribution is -2.32. The number of carboxylic acid groups (broad SMARTS) is 2. The fraction of sp³-hybridized carbons (Fsp3) is 0.429. The van der Waals surface area contributed by atoms with Crippen LogP contribution in [0.2, 0.25) is 0 Å². The van der Waals surface area contributed by atoms with Crippen molar-refractivity contribution in [2.75, 3.05) is 13.1 Å². The van der Waals surface area contributed by atoms with Crippen LogP contribution in [0.4, 0.5) is 0 Å². The van der Waals surface area contributed by atoms with E-state index in [-0.39, 0.29) is 12.0 Å². The third kappa shape index (κ3) is 5.81. The minimum Gasteiger partial charge on any atom is -0.481 e. The van der Waals surface area contributed by atoms with Gasteiger partial charge < -0.3 is 15.3 Å². The topological polar surface area (TPSA) is 98.1 Å². The number of nitrogens with zero attached hydrogens (tertiary/aromatic N) is 1. The van der Waals surface area contributed by atoms with Crippen molar-refractivity contribution in [3.8, 4) is 0 Å². The fourth-order valence-electron chi connectivity index (χ4n) is 1.87. The molecule has 3 N–H and O–H groups in total. The van der Waals surface area contributed by atoms with Gasteiger partial charge in [0.15, 0.2) is 0 Å². The fourth-order valence-corrected chi connectivity index (χ4v) is 1.87. The van der Waals surface area contributed by atoms with Crippen molar-refractivity contribution >= 4 is 11.9 Å². The van der Waals surface area contributed by atoms with Crippen LogP contribution in [0.25, 0.3) is 0 Å². The highest BCUT2D eigenvalue weighted by molar-refractivity contribution is 5.87. The molecule has 0 spiro atoms. The first-order valence-electron chi connectivity index (χ1n) is 6.33. The second kappa shape index (κ2) is 7.62. The Bertz CT molecular complexity index is 455. The maximum absolute atomic E-state index is 10.7. The van der Waals surface area contributed by atoms with Crippen molar-refractivity contribution in [3.63, 3.8) is 0 Å². The Balaban J connectivity index is 2.67. The van der Waals surface area contributed by atoms with Crippen LogP contribution >= 0.6 is 0 Å². The lowest BCUT2D eigenvalue weighted by molar-refractivity contribution is -0.137. The first-order chi connectivity index (χ1) is 9.38. The monoisotopic (exact) mass is 281 g/mol. The molecular weight excluding hydrogens is 262 g/mol. The molecule has 0 heterocycles. The Kier molecular flexibility index (Phi) is 6.14. The molecule has 1 unspecified atom stereocenters. The van der Waals surface area contributed by atoms with E-state index in [1.54, 1.807) is 19.1 Å². The van der Waals surface area contributed by atoms with E-state index < -0.39 is 18.0 Å². The molecule has 0 radical (unpaired) electrons. The molecule has 1 atom stereocenters. The van der Waals surface area contributed by atoms with Gasteiger partial charge in [-0.15, -0.1) is 0 Å². The quantitative estimate of drug-likeness (QED) is 0.658. The molecule has 0 amide bonds. The molecule has 0 aliphatic heterocycles. The van der Waals surface area contributed by atoms with Crippen molar-refractivity contribution < 1.29 is 24.9 Å². The maximum atomic E-state index is 10.7. The Hall–Kier alpha value is -1.92. The van der Waals surface area contributed by atoms with Crippen molar-refractivity contribution in [1.29, 1.82) is 0 Å². The molecule has 1 rings (SSSR count). The molecule has 0 aliphatic carbocycles. The summed E-state index contributed by atoms with van der Waals surface area (Å²) >= 11 is 0. The van der Waals surface area contributed by atoms with Crippen molar-refractivity contribution in [2.24, 2.45) is 0 Å². The predicted octanol–water partition coefficient (Wildman–Crippen LogP) is 1.04. The minimum absolute atomic E-state index is 0.0000699. The number of aliphatic carboxylic acids is 1. The summed E-state index contributed by atoms with van der Waals surface area (Å²) in [6.45, 7) is 2.81. The van der Waals surface area contributed by atoms with Gasteiger partial charge in [-0.1, -0.05) is 12.1 Å². The summed E-state index contributed by atoms with van der Waals surface area (Å²) in [5.41, 5.74) is 1.09. The zero-order valence-electron chi connectivity index (χ0n) is 11.3. The SMILES string of the molecule is CC(O)CN(CCC(=O)O)Cc1ccc(C(=O)O)cc1. The summed E-state index contributed by atoms with van der Waals surface area (Å²) in [4.78, 5) is 23.2. The lowest BCUT2D eigenvalue weighted by atomic mass is 10.1. The summed E-state index contributed by atoms with van der Waals surface area (Å²) in [5.74, 6) is -1.87. The molecule has 6 heteroatoms. The second-order valence-corrected chi connectivity index (χ2v) is 4.73. The van der Waals surface area contributed by atoms with E-state index in [9.17, 15) is 14.7 Å². The molecule has 0 fully saturated rings. The lowest BCUT2D eigenvalue weighted by Gasteiger charge is -2.23. The van der Waals surface area contributed by atoms with Gasteiger partial charge in [0.1, 0.15) is 0 Å². The third-order valence-corrected chi connectivity index (χ3v) is 2.77. The number of carbonyl (C=O) groups is 2. The van der Waals surface area contributed by atoms with E-state index in [1.165, 1.54) is 12.1 Å². The van der Waals surface area contributed by atoms with Crippen LogP contribution in [0.15, 0.2) is 24.3 Å². The highest BCUT2D eigenvalue weighted by atomic mass is 16.4. The van der Waals surface area contributed by atoms with E-state index in [2.05, 4.69) is 0 Å². The number of aromatic carboxylic acids is 1. The third-order valence-electron chi connectivity index (χ3n) is 2.77. The van der Waals surface area contributed by atoms with Gasteiger partial charge in [-0.3, -0.25) is 9.69 Å². The average Bonchev–Trinajstić information content (AvgIpc) is 2.36. The van der Waals surface area contributed by atoms with E-state index in [4.69, 9.17) is 10.2 Å². The van der Waals surface area contributed by atoms with Gasteiger partial charge >= 0.3 is 11.9 Å².